The maximum absolute atomic E-state index is 13.7. The quantitative estimate of drug-likeness (QED) is 0.426. The van der Waals surface area contributed by atoms with Gasteiger partial charge in [0.15, 0.2) is 6.29 Å². The zero-order valence-corrected chi connectivity index (χ0v) is 22.6. The number of ether oxygens (including phenoxy) is 3. The Morgan fingerprint density at radius 1 is 1.10 bits per heavy atom. The van der Waals surface area contributed by atoms with Crippen LogP contribution < -0.4 is 15.0 Å². The van der Waals surface area contributed by atoms with Gasteiger partial charge in [-0.15, -0.1) is 0 Å². The lowest BCUT2D eigenvalue weighted by Gasteiger charge is -2.32. The van der Waals surface area contributed by atoms with E-state index in [1.807, 2.05) is 0 Å². The third-order valence-electron chi connectivity index (χ3n) is 6.73. The molecule has 2 aliphatic heterocycles. The van der Waals surface area contributed by atoms with Crippen molar-refractivity contribution in [1.82, 2.24) is 9.79 Å². The number of hydrogen-bond donors (Lipinski definition) is 2. The van der Waals surface area contributed by atoms with Gasteiger partial charge in [0.05, 0.1) is 24.2 Å². The lowest BCUT2D eigenvalue weighted by molar-refractivity contribution is -0.186. The van der Waals surface area contributed by atoms with Crippen LogP contribution >= 0.6 is 0 Å². The molecular formula is C26H31F3N2O8S. The number of nitrogens with one attached hydrogen (secondary N) is 1. The first-order valence-electron chi connectivity index (χ1n) is 12.8. The summed E-state index contributed by atoms with van der Waals surface area (Å²) in [6.45, 7) is 0.0709. The zero-order chi connectivity index (χ0) is 28.9. The summed E-state index contributed by atoms with van der Waals surface area (Å²) in [4.78, 5) is 18.2. The van der Waals surface area contributed by atoms with E-state index in [-0.39, 0.29) is 53.5 Å². The van der Waals surface area contributed by atoms with Crippen LogP contribution in [0.2, 0.25) is 0 Å². The minimum atomic E-state index is -4.46. The fourth-order valence-electron chi connectivity index (χ4n) is 4.61. The van der Waals surface area contributed by atoms with E-state index in [1.165, 1.54) is 35.7 Å². The van der Waals surface area contributed by atoms with Crippen molar-refractivity contribution in [2.75, 3.05) is 26.8 Å². The van der Waals surface area contributed by atoms with Crippen LogP contribution in [0.5, 0.6) is 11.5 Å². The van der Waals surface area contributed by atoms with Crippen molar-refractivity contribution in [2.45, 2.75) is 62.2 Å². The monoisotopic (exact) mass is 588 g/mol. The minimum Gasteiger partial charge on any atom is -0.495 e. The van der Waals surface area contributed by atoms with Crippen LogP contribution in [0.3, 0.4) is 0 Å². The van der Waals surface area contributed by atoms with Gasteiger partial charge in [-0.1, -0.05) is 6.07 Å². The second kappa shape index (κ2) is 12.7. The number of nitrogens with zero attached hydrogens (tertiary/aromatic N) is 1. The first-order chi connectivity index (χ1) is 19.0. The summed E-state index contributed by atoms with van der Waals surface area (Å²) in [6, 6.07) is 6.91. The Morgan fingerprint density at radius 3 is 2.38 bits per heavy atom. The molecule has 2 aromatic rings. The smallest absolute Gasteiger partial charge is 0.416 e. The van der Waals surface area contributed by atoms with Crippen LogP contribution in [0.4, 0.5) is 13.2 Å². The van der Waals surface area contributed by atoms with Crippen LogP contribution in [0.1, 0.15) is 53.6 Å². The van der Waals surface area contributed by atoms with Crippen molar-refractivity contribution < 1.29 is 50.5 Å². The van der Waals surface area contributed by atoms with E-state index >= 15 is 0 Å². The Kier molecular flexibility index (Phi) is 9.56. The summed E-state index contributed by atoms with van der Waals surface area (Å²) in [7, 11) is -2.95. The topological polar surface area (TPSA) is 124 Å². The molecule has 14 heteroatoms. The molecule has 4 rings (SSSR count). The summed E-state index contributed by atoms with van der Waals surface area (Å²) in [5, 5.41) is 9.74. The SMILES string of the molecule is COc1c(CO)ccc(S(=O)(=O)N2CCC(Oc3ccc(C(F)(F)F)cc3)CC2)c1C(=O)NOC1CCCCO1. The van der Waals surface area contributed by atoms with E-state index in [4.69, 9.17) is 19.0 Å². The van der Waals surface area contributed by atoms with Gasteiger partial charge in [0.1, 0.15) is 23.2 Å². The van der Waals surface area contributed by atoms with Crippen molar-refractivity contribution in [2.24, 2.45) is 0 Å². The van der Waals surface area contributed by atoms with Crippen molar-refractivity contribution in [3.63, 3.8) is 0 Å². The van der Waals surface area contributed by atoms with E-state index in [9.17, 15) is 31.5 Å². The van der Waals surface area contributed by atoms with E-state index in [1.54, 1.807) is 0 Å². The molecule has 1 unspecified atom stereocenters. The number of benzene rings is 2. The van der Waals surface area contributed by atoms with Crippen LogP contribution in [0, 0.1) is 0 Å². The molecule has 2 N–H and O–H groups in total. The number of alkyl halides is 3. The van der Waals surface area contributed by atoms with Crippen LogP contribution in [0.25, 0.3) is 0 Å². The molecule has 0 aliphatic carbocycles. The van der Waals surface area contributed by atoms with Gasteiger partial charge in [-0.05, 0) is 56.0 Å². The van der Waals surface area contributed by atoms with Gasteiger partial charge in [0, 0.05) is 31.7 Å². The molecule has 1 atom stereocenters. The highest BCUT2D eigenvalue weighted by atomic mass is 32.2. The number of amides is 1. The molecule has 2 aliphatic rings. The van der Waals surface area contributed by atoms with Gasteiger partial charge < -0.3 is 19.3 Å². The molecule has 2 heterocycles. The molecule has 0 bridgehead atoms. The molecule has 2 saturated heterocycles. The Labute approximate surface area is 230 Å². The predicted molar refractivity (Wildman–Crippen MR) is 135 cm³/mol. The number of hydroxylamine groups is 1. The number of hydrogen-bond acceptors (Lipinski definition) is 8. The number of sulfonamides is 1. The molecule has 220 valence electrons. The first-order valence-corrected chi connectivity index (χ1v) is 14.2. The fourth-order valence-corrected chi connectivity index (χ4v) is 6.27. The number of carbonyl (C=O) groups excluding carboxylic acids is 1. The number of aliphatic hydroxyl groups excluding tert-OH is 1. The average molecular weight is 589 g/mol. The van der Waals surface area contributed by atoms with Crippen LogP contribution in [-0.2, 0) is 32.4 Å². The van der Waals surface area contributed by atoms with Crippen molar-refractivity contribution in [1.29, 1.82) is 0 Å². The van der Waals surface area contributed by atoms with Gasteiger partial charge in [0.25, 0.3) is 5.91 Å². The van der Waals surface area contributed by atoms with Gasteiger partial charge in [-0.2, -0.15) is 17.5 Å². The number of carbonyl (C=O) groups is 1. The molecule has 0 saturated carbocycles. The molecule has 1 amide bonds. The van der Waals surface area contributed by atoms with Crippen molar-refractivity contribution in [3.8, 4) is 11.5 Å². The standard InChI is InChI=1S/C26H31F3N2O8S/c1-36-24-17(16-32)5-10-21(23(24)25(33)30-39-22-4-2-3-15-37-22)40(34,35)31-13-11-20(12-14-31)38-19-8-6-18(7-9-19)26(27,28)29/h5-10,20,22,32H,2-4,11-16H2,1H3,(H,30,33). The van der Waals surface area contributed by atoms with Crippen LogP contribution in [-0.4, -0.2) is 62.9 Å². The van der Waals surface area contributed by atoms with E-state index in [0.717, 1.165) is 25.0 Å². The number of methoxy groups -OCH3 is 1. The van der Waals surface area contributed by atoms with Gasteiger partial charge in [-0.3, -0.25) is 4.79 Å². The summed E-state index contributed by atoms with van der Waals surface area (Å²) < 4.78 is 83.6. The molecule has 40 heavy (non-hydrogen) atoms. The van der Waals surface area contributed by atoms with Crippen molar-refractivity contribution in [3.05, 3.63) is 53.1 Å². The van der Waals surface area contributed by atoms with E-state index in [2.05, 4.69) is 5.48 Å². The van der Waals surface area contributed by atoms with E-state index in [0.29, 0.717) is 13.0 Å². The third kappa shape index (κ3) is 6.86. The number of halogens is 3. The Balaban J connectivity index is 1.49. The molecule has 0 spiro atoms. The molecule has 2 fully saturated rings. The van der Waals surface area contributed by atoms with E-state index < -0.39 is 46.7 Å². The van der Waals surface area contributed by atoms with Crippen LogP contribution in [0.15, 0.2) is 41.3 Å². The highest BCUT2D eigenvalue weighted by molar-refractivity contribution is 7.89. The predicted octanol–water partition coefficient (Wildman–Crippen LogP) is 3.63. The lowest BCUT2D eigenvalue weighted by atomic mass is 10.1. The third-order valence-corrected chi connectivity index (χ3v) is 8.67. The van der Waals surface area contributed by atoms with Gasteiger partial charge in [-0.25, -0.2) is 18.7 Å². The Morgan fingerprint density at radius 2 is 1.80 bits per heavy atom. The normalized spacial score (nSPS) is 19.3. The number of aliphatic hydroxyl groups is 1. The maximum Gasteiger partial charge on any atom is 0.416 e. The highest BCUT2D eigenvalue weighted by Gasteiger charge is 2.36. The second-order valence-electron chi connectivity index (χ2n) is 9.38. The minimum absolute atomic E-state index is 0.0468. The summed E-state index contributed by atoms with van der Waals surface area (Å²) >= 11 is 0. The average Bonchev–Trinajstić information content (AvgIpc) is 2.95. The number of rotatable bonds is 9. The molecule has 10 nitrogen and oxygen atoms in total. The Hall–Kier alpha value is -2.91. The highest BCUT2D eigenvalue weighted by Crippen LogP contribution is 2.34. The second-order valence-corrected chi connectivity index (χ2v) is 11.3. The molecule has 2 aromatic carbocycles. The summed E-state index contributed by atoms with van der Waals surface area (Å²) in [5.41, 5.74) is 1.37. The van der Waals surface area contributed by atoms with Gasteiger partial charge in [0.2, 0.25) is 10.0 Å². The molecule has 0 radical (unpaired) electrons. The largest absolute Gasteiger partial charge is 0.495 e. The number of piperidine rings is 1. The lowest BCUT2D eigenvalue weighted by Crippen LogP contribution is -2.42. The summed E-state index contributed by atoms with van der Waals surface area (Å²) in [6.07, 6.45) is -2.72. The van der Waals surface area contributed by atoms with Gasteiger partial charge >= 0.3 is 6.18 Å². The Bertz CT molecular complexity index is 1270. The summed E-state index contributed by atoms with van der Waals surface area (Å²) in [5.74, 6) is -0.727. The first kappa shape index (κ1) is 30.1. The zero-order valence-electron chi connectivity index (χ0n) is 21.8. The van der Waals surface area contributed by atoms with Crippen molar-refractivity contribution >= 4 is 15.9 Å². The molecule has 0 aromatic heterocycles. The molecular weight excluding hydrogens is 557 g/mol. The maximum atomic E-state index is 13.7. The fraction of sp³-hybridized carbons (Fsp3) is 0.500.